The van der Waals surface area contributed by atoms with Gasteiger partial charge in [-0.1, -0.05) is 13.8 Å². The van der Waals surface area contributed by atoms with Crippen molar-refractivity contribution >= 4 is 5.97 Å². The zero-order valence-electron chi connectivity index (χ0n) is 7.81. The highest BCUT2D eigenvalue weighted by molar-refractivity contribution is 5.75. The molecule has 0 aliphatic rings. The van der Waals surface area contributed by atoms with Gasteiger partial charge in [0.1, 0.15) is 0 Å². The van der Waals surface area contributed by atoms with Gasteiger partial charge < -0.3 is 10.4 Å². The van der Waals surface area contributed by atoms with E-state index in [1.54, 1.807) is 0 Å². The monoisotopic (exact) mass is 195 g/mol. The first kappa shape index (κ1) is 12.3. The summed E-state index contributed by atoms with van der Waals surface area (Å²) in [6, 6.07) is -0.0368. The third kappa shape index (κ3) is 4.17. The molecule has 78 valence electrons. The Kier molecular flexibility index (Phi) is 4.83. The zero-order chi connectivity index (χ0) is 10.5. The Morgan fingerprint density at radius 1 is 1.46 bits per heavy atom. The van der Waals surface area contributed by atoms with Crippen molar-refractivity contribution < 1.29 is 18.7 Å². The lowest BCUT2D eigenvalue weighted by molar-refractivity contribution is -0.164. The second-order valence-corrected chi connectivity index (χ2v) is 2.90. The van der Waals surface area contributed by atoms with E-state index in [1.165, 1.54) is 0 Å². The predicted molar refractivity (Wildman–Crippen MR) is 45.0 cm³/mol. The van der Waals surface area contributed by atoms with Gasteiger partial charge in [-0.05, 0) is 12.8 Å². The van der Waals surface area contributed by atoms with Crippen LogP contribution in [-0.2, 0) is 4.79 Å². The summed E-state index contributed by atoms with van der Waals surface area (Å²) in [6.45, 7) is 2.93. The molecule has 0 radical (unpaired) electrons. The molecular formula is C8H15F2NO2. The molecule has 0 spiro atoms. The van der Waals surface area contributed by atoms with Gasteiger partial charge in [0.2, 0.25) is 0 Å². The van der Waals surface area contributed by atoms with Crippen molar-refractivity contribution in [2.45, 2.75) is 38.7 Å². The van der Waals surface area contributed by atoms with E-state index in [0.29, 0.717) is 12.8 Å². The van der Waals surface area contributed by atoms with E-state index in [4.69, 9.17) is 5.11 Å². The van der Waals surface area contributed by atoms with E-state index in [2.05, 4.69) is 5.32 Å². The Bertz CT molecular complexity index is 170. The maximum atomic E-state index is 12.5. The first-order valence-corrected chi connectivity index (χ1v) is 4.28. The normalized spacial score (nSPS) is 12.1. The van der Waals surface area contributed by atoms with Gasteiger partial charge in [-0.2, -0.15) is 8.78 Å². The lowest BCUT2D eigenvalue weighted by Crippen LogP contribution is -2.43. The summed E-state index contributed by atoms with van der Waals surface area (Å²) in [5.74, 6) is -5.74. The smallest absolute Gasteiger partial charge is 0.375 e. The fraction of sp³-hybridized carbons (Fsp3) is 0.875. The van der Waals surface area contributed by atoms with E-state index in [-0.39, 0.29) is 6.04 Å². The van der Waals surface area contributed by atoms with E-state index >= 15 is 0 Å². The minimum absolute atomic E-state index is 0.0368. The largest absolute Gasteiger partial charge is 0.477 e. The Morgan fingerprint density at radius 2 is 1.92 bits per heavy atom. The van der Waals surface area contributed by atoms with Crippen LogP contribution < -0.4 is 5.32 Å². The number of nitrogens with one attached hydrogen (secondary N) is 1. The molecule has 2 N–H and O–H groups in total. The number of carboxylic acid groups (broad SMARTS) is 1. The molecule has 0 rings (SSSR count). The lowest BCUT2D eigenvalue weighted by atomic mass is 10.1. The summed E-state index contributed by atoms with van der Waals surface area (Å²) in [7, 11) is 0. The highest BCUT2D eigenvalue weighted by Gasteiger charge is 2.38. The number of carboxylic acids is 1. The maximum absolute atomic E-state index is 12.5. The van der Waals surface area contributed by atoms with Gasteiger partial charge in [0.05, 0.1) is 6.54 Å². The summed E-state index contributed by atoms with van der Waals surface area (Å²) >= 11 is 0. The number of alkyl halides is 2. The van der Waals surface area contributed by atoms with Crippen LogP contribution in [0.3, 0.4) is 0 Å². The molecular weight excluding hydrogens is 180 g/mol. The van der Waals surface area contributed by atoms with Crippen molar-refractivity contribution in [3.63, 3.8) is 0 Å². The quantitative estimate of drug-likeness (QED) is 0.675. The van der Waals surface area contributed by atoms with Gasteiger partial charge in [0, 0.05) is 6.04 Å². The summed E-state index contributed by atoms with van der Waals surface area (Å²) < 4.78 is 25.0. The number of hydrogen-bond donors (Lipinski definition) is 2. The molecule has 0 unspecified atom stereocenters. The molecule has 0 aromatic carbocycles. The predicted octanol–water partition coefficient (Wildman–Crippen LogP) is 1.48. The SMILES string of the molecule is CCC(CC)NCC(F)(F)C(=O)O. The van der Waals surface area contributed by atoms with Crippen molar-refractivity contribution in [2.24, 2.45) is 0 Å². The number of hydrogen-bond acceptors (Lipinski definition) is 2. The average Bonchev–Trinajstić information content (AvgIpc) is 2.06. The molecule has 0 atom stereocenters. The van der Waals surface area contributed by atoms with Crippen LogP contribution in [-0.4, -0.2) is 29.6 Å². The van der Waals surface area contributed by atoms with Crippen LogP contribution in [0.5, 0.6) is 0 Å². The number of rotatable bonds is 6. The van der Waals surface area contributed by atoms with E-state index in [9.17, 15) is 13.6 Å². The van der Waals surface area contributed by atoms with Crippen molar-refractivity contribution in [1.82, 2.24) is 5.32 Å². The average molecular weight is 195 g/mol. The molecule has 0 aliphatic carbocycles. The number of aliphatic carboxylic acids is 1. The fourth-order valence-corrected chi connectivity index (χ4v) is 0.925. The third-order valence-corrected chi connectivity index (χ3v) is 1.91. The standard InChI is InChI=1S/C8H15F2NO2/c1-3-6(4-2)11-5-8(9,10)7(12)13/h6,11H,3-5H2,1-2H3,(H,12,13). The Morgan fingerprint density at radius 3 is 2.23 bits per heavy atom. The van der Waals surface area contributed by atoms with Gasteiger partial charge in [-0.15, -0.1) is 0 Å². The highest BCUT2D eigenvalue weighted by Crippen LogP contribution is 2.12. The highest BCUT2D eigenvalue weighted by atomic mass is 19.3. The van der Waals surface area contributed by atoms with Crippen molar-refractivity contribution in [1.29, 1.82) is 0 Å². The molecule has 0 fully saturated rings. The van der Waals surface area contributed by atoms with Crippen LogP contribution >= 0.6 is 0 Å². The minimum atomic E-state index is -3.66. The van der Waals surface area contributed by atoms with E-state index < -0.39 is 18.4 Å². The molecule has 0 heterocycles. The molecule has 0 saturated heterocycles. The first-order valence-electron chi connectivity index (χ1n) is 4.28. The van der Waals surface area contributed by atoms with Crippen LogP contribution in [0.1, 0.15) is 26.7 Å². The zero-order valence-corrected chi connectivity index (χ0v) is 7.81. The molecule has 0 aliphatic heterocycles. The van der Waals surface area contributed by atoms with Crippen molar-refractivity contribution in [2.75, 3.05) is 6.54 Å². The van der Waals surface area contributed by atoms with Crippen molar-refractivity contribution in [3.8, 4) is 0 Å². The Balaban J connectivity index is 3.92. The van der Waals surface area contributed by atoms with Gasteiger partial charge >= 0.3 is 11.9 Å². The van der Waals surface area contributed by atoms with Crippen LogP contribution in [0.25, 0.3) is 0 Å². The third-order valence-electron chi connectivity index (χ3n) is 1.91. The van der Waals surface area contributed by atoms with E-state index in [0.717, 1.165) is 0 Å². The molecule has 3 nitrogen and oxygen atoms in total. The molecule has 13 heavy (non-hydrogen) atoms. The van der Waals surface area contributed by atoms with Crippen molar-refractivity contribution in [3.05, 3.63) is 0 Å². The molecule has 0 aromatic rings. The number of carbonyl (C=O) groups is 1. The fourth-order valence-electron chi connectivity index (χ4n) is 0.925. The van der Waals surface area contributed by atoms with Crippen LogP contribution in [0.4, 0.5) is 8.78 Å². The number of halogens is 2. The molecule has 5 heteroatoms. The topological polar surface area (TPSA) is 49.3 Å². The molecule has 0 aromatic heterocycles. The molecule has 0 bridgehead atoms. The Hall–Kier alpha value is -0.710. The lowest BCUT2D eigenvalue weighted by Gasteiger charge is -2.18. The van der Waals surface area contributed by atoms with Crippen LogP contribution in [0, 0.1) is 0 Å². The van der Waals surface area contributed by atoms with Gasteiger partial charge in [0.25, 0.3) is 0 Å². The van der Waals surface area contributed by atoms with Gasteiger partial charge in [-0.3, -0.25) is 0 Å². The first-order chi connectivity index (χ1) is 5.94. The summed E-state index contributed by atoms with van der Waals surface area (Å²) in [4.78, 5) is 10.0. The second kappa shape index (κ2) is 5.11. The minimum Gasteiger partial charge on any atom is -0.477 e. The summed E-state index contributed by atoms with van der Waals surface area (Å²) in [5.41, 5.74) is 0. The molecule has 0 saturated carbocycles. The van der Waals surface area contributed by atoms with Crippen LogP contribution in [0.2, 0.25) is 0 Å². The van der Waals surface area contributed by atoms with Gasteiger partial charge in [0.15, 0.2) is 0 Å². The summed E-state index contributed by atoms with van der Waals surface area (Å²) in [6.07, 6.45) is 1.43. The van der Waals surface area contributed by atoms with Gasteiger partial charge in [-0.25, -0.2) is 4.79 Å². The molecule has 0 amide bonds. The maximum Gasteiger partial charge on any atom is 0.375 e. The second-order valence-electron chi connectivity index (χ2n) is 2.90. The van der Waals surface area contributed by atoms with E-state index in [1.807, 2.05) is 13.8 Å². The van der Waals surface area contributed by atoms with Crippen LogP contribution in [0.15, 0.2) is 0 Å². The Labute approximate surface area is 76.1 Å². The summed E-state index contributed by atoms with van der Waals surface area (Å²) in [5, 5.41) is 10.6.